The summed E-state index contributed by atoms with van der Waals surface area (Å²) in [5.41, 5.74) is 2.93. The summed E-state index contributed by atoms with van der Waals surface area (Å²) >= 11 is 6.65. The van der Waals surface area contributed by atoms with E-state index >= 15 is 0 Å². The lowest BCUT2D eigenvalue weighted by Crippen LogP contribution is -2.33. The van der Waals surface area contributed by atoms with E-state index < -0.39 is 5.92 Å². The number of anilines is 1. The van der Waals surface area contributed by atoms with Crippen molar-refractivity contribution in [2.75, 3.05) is 24.6 Å². The molecule has 30 heavy (non-hydrogen) atoms. The van der Waals surface area contributed by atoms with Crippen LogP contribution in [0.15, 0.2) is 55.2 Å². The number of rotatable bonds is 7. The molecule has 0 radical (unpaired) electrons. The minimum atomic E-state index is -0.634. The third-order valence-corrected chi connectivity index (χ3v) is 5.61. The van der Waals surface area contributed by atoms with Gasteiger partial charge in [-0.3, -0.25) is 4.79 Å². The highest BCUT2D eigenvalue weighted by Crippen LogP contribution is 2.39. The zero-order valence-electron chi connectivity index (χ0n) is 17.2. The summed E-state index contributed by atoms with van der Waals surface area (Å²) in [6.07, 6.45) is 4.81. The Hall–Kier alpha value is -2.79. The molecule has 0 aliphatic carbocycles. The number of ether oxygens (including phenoxy) is 1. The van der Waals surface area contributed by atoms with Crippen molar-refractivity contribution in [3.05, 3.63) is 77.0 Å². The summed E-state index contributed by atoms with van der Waals surface area (Å²) in [4.78, 5) is 27.4. The summed E-state index contributed by atoms with van der Waals surface area (Å²) in [7, 11) is 0. The Balaban J connectivity index is 2.06. The molecular weight excluding hydrogens is 400 g/mol. The molecule has 1 atom stereocenters. The van der Waals surface area contributed by atoms with Gasteiger partial charge in [0, 0.05) is 29.4 Å². The van der Waals surface area contributed by atoms with E-state index in [9.17, 15) is 9.59 Å². The maximum Gasteiger partial charge on any atom is 0.338 e. The maximum absolute atomic E-state index is 13.1. The zero-order valence-corrected chi connectivity index (χ0v) is 18.0. The van der Waals surface area contributed by atoms with Crippen molar-refractivity contribution in [1.29, 1.82) is 0 Å². The van der Waals surface area contributed by atoms with Gasteiger partial charge in [-0.2, -0.15) is 0 Å². The normalized spacial score (nSPS) is 14.7. The number of amides is 1. The molecule has 2 aromatic carbocycles. The van der Waals surface area contributed by atoms with Crippen LogP contribution < -0.4 is 10.2 Å². The predicted molar refractivity (Wildman–Crippen MR) is 120 cm³/mol. The Bertz CT molecular complexity index is 905. The number of carbonyl (C=O) groups excluding carboxylic acids is 2. The highest BCUT2D eigenvalue weighted by molar-refractivity contribution is 6.32. The van der Waals surface area contributed by atoms with Crippen molar-refractivity contribution in [1.82, 2.24) is 5.32 Å². The number of nitrogens with one attached hydrogen (secondary N) is 1. The molecule has 1 unspecified atom stereocenters. The lowest BCUT2D eigenvalue weighted by atomic mass is 9.88. The number of halogens is 1. The third kappa shape index (κ3) is 4.85. The van der Waals surface area contributed by atoms with Gasteiger partial charge >= 0.3 is 5.97 Å². The second-order valence-electron chi connectivity index (χ2n) is 7.21. The van der Waals surface area contributed by atoms with Gasteiger partial charge in [-0.05, 0) is 62.2 Å². The molecule has 1 N–H and O–H groups in total. The average molecular weight is 427 g/mol. The van der Waals surface area contributed by atoms with Gasteiger partial charge in [0.25, 0.3) is 0 Å². The van der Waals surface area contributed by atoms with Gasteiger partial charge in [-0.15, -0.1) is 0 Å². The topological polar surface area (TPSA) is 58.6 Å². The molecule has 1 aliphatic heterocycles. The molecule has 6 heteroatoms. The fourth-order valence-electron chi connectivity index (χ4n) is 3.88. The van der Waals surface area contributed by atoms with E-state index in [0.29, 0.717) is 17.2 Å². The molecule has 0 aromatic heterocycles. The van der Waals surface area contributed by atoms with Crippen molar-refractivity contribution in [2.45, 2.75) is 32.1 Å². The Kier molecular flexibility index (Phi) is 7.52. The number of piperidine rings is 1. The Morgan fingerprint density at radius 3 is 2.50 bits per heavy atom. The van der Waals surface area contributed by atoms with Gasteiger partial charge in [0.2, 0.25) is 5.91 Å². The number of hydrogen-bond acceptors (Lipinski definition) is 4. The SMILES string of the molecule is C=CNC(=O)C(c1ccc(C(=O)OCC)cc1)c1c(Cl)cccc1N1CCCCC1. The van der Waals surface area contributed by atoms with Crippen LogP contribution in [0.4, 0.5) is 5.69 Å². The van der Waals surface area contributed by atoms with Gasteiger partial charge in [0.15, 0.2) is 0 Å². The summed E-state index contributed by atoms with van der Waals surface area (Å²) in [6.45, 7) is 7.57. The number of hydrogen-bond donors (Lipinski definition) is 1. The lowest BCUT2D eigenvalue weighted by molar-refractivity contribution is -0.120. The van der Waals surface area contributed by atoms with Crippen molar-refractivity contribution in [2.24, 2.45) is 0 Å². The Morgan fingerprint density at radius 1 is 1.17 bits per heavy atom. The summed E-state index contributed by atoms with van der Waals surface area (Å²) in [5, 5.41) is 3.25. The fourth-order valence-corrected chi connectivity index (χ4v) is 4.16. The maximum atomic E-state index is 13.1. The van der Waals surface area contributed by atoms with E-state index in [4.69, 9.17) is 16.3 Å². The van der Waals surface area contributed by atoms with Crippen LogP contribution in [0, 0.1) is 0 Å². The van der Waals surface area contributed by atoms with Crippen molar-refractivity contribution in [3.63, 3.8) is 0 Å². The second kappa shape index (κ2) is 10.3. The lowest BCUT2D eigenvalue weighted by Gasteiger charge is -2.33. The zero-order chi connectivity index (χ0) is 21.5. The number of carbonyl (C=O) groups is 2. The first-order valence-corrected chi connectivity index (χ1v) is 10.7. The molecule has 0 bridgehead atoms. The summed E-state index contributed by atoms with van der Waals surface area (Å²) < 4.78 is 5.06. The standard InChI is InChI=1S/C24H27ClN2O3/c1-3-26-23(28)21(17-11-13-18(14-12-17)24(29)30-4-2)22-19(25)9-8-10-20(22)27-15-6-5-7-16-27/h3,8-14,21H,1,4-7,15-16H2,2H3,(H,26,28). The molecule has 1 amide bonds. The van der Waals surface area contributed by atoms with Gasteiger partial charge in [-0.1, -0.05) is 36.4 Å². The molecule has 1 heterocycles. The van der Waals surface area contributed by atoms with Crippen LogP contribution in [0.25, 0.3) is 0 Å². The molecule has 158 valence electrons. The molecule has 3 rings (SSSR count). The van der Waals surface area contributed by atoms with Gasteiger partial charge in [0.1, 0.15) is 0 Å². The molecule has 5 nitrogen and oxygen atoms in total. The van der Waals surface area contributed by atoms with Gasteiger partial charge in [0.05, 0.1) is 18.1 Å². The Labute approximate surface area is 182 Å². The number of esters is 1. The highest BCUT2D eigenvalue weighted by Gasteiger charge is 2.29. The van der Waals surface area contributed by atoms with Crippen molar-refractivity contribution < 1.29 is 14.3 Å². The largest absolute Gasteiger partial charge is 0.462 e. The molecule has 1 aliphatic rings. The first kappa shape index (κ1) is 21.9. The number of nitrogens with zero attached hydrogens (tertiary/aromatic N) is 1. The monoisotopic (exact) mass is 426 g/mol. The molecule has 0 saturated carbocycles. The molecule has 0 spiro atoms. The van der Waals surface area contributed by atoms with E-state index in [0.717, 1.165) is 42.7 Å². The fraction of sp³-hybridized carbons (Fsp3) is 0.333. The van der Waals surface area contributed by atoms with Crippen molar-refractivity contribution >= 4 is 29.2 Å². The van der Waals surface area contributed by atoms with Crippen LogP contribution in [-0.2, 0) is 9.53 Å². The van der Waals surface area contributed by atoms with E-state index in [1.165, 1.54) is 12.6 Å². The minimum Gasteiger partial charge on any atom is -0.462 e. The molecular formula is C24H27ClN2O3. The molecule has 2 aromatic rings. The van der Waals surface area contributed by atoms with Crippen LogP contribution in [0.1, 0.15) is 53.6 Å². The smallest absolute Gasteiger partial charge is 0.338 e. The predicted octanol–water partition coefficient (Wildman–Crippen LogP) is 4.90. The molecule has 1 fully saturated rings. The Morgan fingerprint density at radius 2 is 1.87 bits per heavy atom. The highest BCUT2D eigenvalue weighted by atomic mass is 35.5. The number of benzene rings is 2. The average Bonchev–Trinajstić information content (AvgIpc) is 2.76. The van der Waals surface area contributed by atoms with Crippen LogP contribution in [0.5, 0.6) is 0 Å². The second-order valence-corrected chi connectivity index (χ2v) is 7.62. The molecule has 1 saturated heterocycles. The van der Waals surface area contributed by atoms with E-state index in [1.54, 1.807) is 31.2 Å². The first-order valence-electron chi connectivity index (χ1n) is 10.3. The van der Waals surface area contributed by atoms with Crippen LogP contribution >= 0.6 is 11.6 Å². The van der Waals surface area contributed by atoms with Crippen LogP contribution in [-0.4, -0.2) is 31.6 Å². The van der Waals surface area contributed by atoms with Crippen molar-refractivity contribution in [3.8, 4) is 0 Å². The van der Waals surface area contributed by atoms with Crippen LogP contribution in [0.2, 0.25) is 5.02 Å². The van der Waals surface area contributed by atoms with Gasteiger partial charge < -0.3 is 15.0 Å². The summed E-state index contributed by atoms with van der Waals surface area (Å²) in [5.74, 6) is -1.24. The van der Waals surface area contributed by atoms with Gasteiger partial charge in [-0.25, -0.2) is 4.79 Å². The van der Waals surface area contributed by atoms with E-state index in [2.05, 4.69) is 16.8 Å². The quantitative estimate of drug-likeness (QED) is 0.640. The summed E-state index contributed by atoms with van der Waals surface area (Å²) in [6, 6.07) is 12.7. The van der Waals surface area contributed by atoms with E-state index in [-0.39, 0.29) is 11.9 Å². The van der Waals surface area contributed by atoms with Crippen LogP contribution in [0.3, 0.4) is 0 Å². The third-order valence-electron chi connectivity index (χ3n) is 5.28. The minimum absolute atomic E-state index is 0.222. The first-order chi connectivity index (χ1) is 14.6. The van der Waals surface area contributed by atoms with E-state index in [1.807, 2.05) is 18.2 Å².